The van der Waals surface area contributed by atoms with E-state index in [1.165, 1.54) is 20.2 Å². The third-order valence-electron chi connectivity index (χ3n) is 5.44. The van der Waals surface area contributed by atoms with E-state index in [0.29, 0.717) is 0 Å². The van der Waals surface area contributed by atoms with Gasteiger partial charge in [0, 0.05) is 30.1 Å². The highest BCUT2D eigenvalue weighted by molar-refractivity contribution is 7.50. The molecule has 5 atom stereocenters. The van der Waals surface area contributed by atoms with Crippen LogP contribution in [0.1, 0.15) is 23.8 Å². The van der Waals surface area contributed by atoms with Crippen LogP contribution in [0.2, 0.25) is 0 Å². The number of likely N-dealkylation sites (N-methyl/N-ethyl adjacent to an activating group) is 1. The average molecular weight is 507 g/mol. The molecule has 1 amide bonds. The molecule has 14 nitrogen and oxygen atoms in total. The second-order valence-corrected chi connectivity index (χ2v) is 9.47. The van der Waals surface area contributed by atoms with Crippen LogP contribution in [0.15, 0.2) is 51.2 Å². The predicted octanol–water partition coefficient (Wildman–Crippen LogP) is 0.875. The third kappa shape index (κ3) is 6.89. The molecule has 0 spiro atoms. The number of nitrogens with zero attached hydrogens (tertiary/aromatic N) is 4. The number of ether oxygens (including phenoxy) is 1. The van der Waals surface area contributed by atoms with E-state index in [9.17, 15) is 23.8 Å². The maximum Gasteiger partial charge on any atom is 0.403 e. The summed E-state index contributed by atoms with van der Waals surface area (Å²) in [7, 11) is -3.10. The van der Waals surface area contributed by atoms with Crippen molar-refractivity contribution in [3.63, 3.8) is 0 Å². The fraction of sp³-hybridized carbons (Fsp3) is 0.450. The molecule has 1 aliphatic rings. The molecule has 0 aliphatic carbocycles. The summed E-state index contributed by atoms with van der Waals surface area (Å²) in [5, 5.41) is 8.43. The number of hydrogen-bond acceptors (Lipinski definition) is 7. The Balaban J connectivity index is 1.70. The SMILES string of the molecule is CNC(=O)[C@@H](Cc1ccccc1)NP(=O)(O)OC[C@H]1OC(n2cc(C)c(=O)[nH]c2=O)C[C@H]1N=[N+]=[N-]. The molecule has 2 heterocycles. The number of aryl methyl sites for hydroxylation is 1. The van der Waals surface area contributed by atoms with Gasteiger partial charge in [-0.3, -0.25) is 23.7 Å². The van der Waals surface area contributed by atoms with Crippen LogP contribution in [0.4, 0.5) is 0 Å². The van der Waals surface area contributed by atoms with Gasteiger partial charge in [0.25, 0.3) is 5.56 Å². The summed E-state index contributed by atoms with van der Waals surface area (Å²) < 4.78 is 24.8. The minimum atomic E-state index is -4.51. The van der Waals surface area contributed by atoms with E-state index in [-0.39, 0.29) is 18.4 Å². The highest BCUT2D eigenvalue weighted by Crippen LogP contribution is 2.40. The van der Waals surface area contributed by atoms with Gasteiger partial charge in [-0.05, 0) is 24.4 Å². The molecule has 2 unspecified atom stereocenters. The zero-order valence-corrected chi connectivity index (χ0v) is 19.9. The van der Waals surface area contributed by atoms with Crippen molar-refractivity contribution >= 4 is 13.7 Å². The van der Waals surface area contributed by atoms with Crippen LogP contribution < -0.4 is 21.7 Å². The number of aromatic amines is 1. The first-order valence-electron chi connectivity index (χ1n) is 10.7. The molecule has 0 saturated carbocycles. The van der Waals surface area contributed by atoms with E-state index in [2.05, 4.69) is 25.4 Å². The molecule has 2 aromatic rings. The number of aromatic nitrogens is 2. The molecular weight excluding hydrogens is 481 g/mol. The van der Waals surface area contributed by atoms with E-state index >= 15 is 0 Å². The van der Waals surface area contributed by atoms with Crippen LogP contribution in [0, 0.1) is 6.92 Å². The quantitative estimate of drug-likeness (QED) is 0.157. The van der Waals surface area contributed by atoms with Crippen LogP contribution in [0.25, 0.3) is 10.4 Å². The molecule has 35 heavy (non-hydrogen) atoms. The monoisotopic (exact) mass is 507 g/mol. The first-order chi connectivity index (χ1) is 16.6. The zero-order chi connectivity index (χ0) is 25.6. The Hall–Kier alpha value is -3.25. The molecule has 1 aromatic heterocycles. The molecular formula is C20H26N7O7P. The highest BCUT2D eigenvalue weighted by atomic mass is 31.2. The van der Waals surface area contributed by atoms with Gasteiger partial charge in [0.1, 0.15) is 12.3 Å². The highest BCUT2D eigenvalue weighted by Gasteiger charge is 2.38. The Kier molecular flexibility index (Phi) is 8.62. The van der Waals surface area contributed by atoms with E-state index in [0.717, 1.165) is 10.1 Å². The number of H-pyrrole nitrogens is 1. The Morgan fingerprint density at radius 2 is 2.14 bits per heavy atom. The molecule has 188 valence electrons. The van der Waals surface area contributed by atoms with Gasteiger partial charge in [-0.1, -0.05) is 35.4 Å². The predicted molar refractivity (Wildman–Crippen MR) is 124 cm³/mol. The average Bonchev–Trinajstić information content (AvgIpc) is 3.22. The molecule has 0 bridgehead atoms. The lowest BCUT2D eigenvalue weighted by molar-refractivity contribution is -0.122. The maximum atomic E-state index is 12.7. The van der Waals surface area contributed by atoms with Crippen molar-refractivity contribution in [1.29, 1.82) is 0 Å². The van der Waals surface area contributed by atoms with Crippen molar-refractivity contribution in [3.05, 3.63) is 78.9 Å². The summed E-state index contributed by atoms with van der Waals surface area (Å²) in [6, 6.07) is 7.04. The first-order valence-corrected chi connectivity index (χ1v) is 12.2. The number of amides is 1. The molecule has 3 rings (SSSR count). The van der Waals surface area contributed by atoms with Crippen molar-refractivity contribution < 1.29 is 23.5 Å². The van der Waals surface area contributed by atoms with Crippen LogP contribution in [-0.2, 0) is 25.0 Å². The standard InChI is InChI=1S/C20H26N7O7P/c1-12-10-27(20(30)23-18(12)28)17-9-14(24-26-21)16(34-17)11-33-35(31,32)25-15(19(29)22-2)8-13-6-4-3-5-7-13/h3-7,10,14-17H,8-9,11H2,1-2H3,(H,22,29)(H,23,28,30)(H2,25,31,32)/t14-,15-,16-,17?/m1/s1. The van der Waals surface area contributed by atoms with Gasteiger partial charge in [-0.15, -0.1) is 0 Å². The molecule has 4 N–H and O–H groups in total. The molecule has 15 heteroatoms. The minimum absolute atomic E-state index is 0.0709. The fourth-order valence-electron chi connectivity index (χ4n) is 3.65. The number of azide groups is 1. The third-order valence-corrected chi connectivity index (χ3v) is 6.58. The topological polar surface area (TPSA) is 201 Å². The van der Waals surface area contributed by atoms with Crippen molar-refractivity contribution in [2.24, 2.45) is 5.11 Å². The Bertz CT molecular complexity index is 1260. The molecule has 1 aliphatic heterocycles. The molecule has 0 radical (unpaired) electrons. The van der Waals surface area contributed by atoms with Gasteiger partial charge in [-0.2, -0.15) is 0 Å². The molecule has 1 saturated heterocycles. The second-order valence-electron chi connectivity index (χ2n) is 7.92. The summed E-state index contributed by atoms with van der Waals surface area (Å²) in [5.74, 6) is -0.510. The van der Waals surface area contributed by atoms with Gasteiger partial charge in [0.05, 0.1) is 18.8 Å². The van der Waals surface area contributed by atoms with Crippen LogP contribution in [-0.4, -0.2) is 52.2 Å². The van der Waals surface area contributed by atoms with Gasteiger partial charge in [0.2, 0.25) is 5.91 Å². The Labute approximate surface area is 199 Å². The smallest absolute Gasteiger partial charge is 0.358 e. The largest absolute Gasteiger partial charge is 0.403 e. The lowest BCUT2D eigenvalue weighted by Crippen LogP contribution is -2.43. The summed E-state index contributed by atoms with van der Waals surface area (Å²) >= 11 is 0. The van der Waals surface area contributed by atoms with Gasteiger partial charge < -0.3 is 14.9 Å². The summed E-state index contributed by atoms with van der Waals surface area (Å²) in [4.78, 5) is 51.4. The molecule has 1 fully saturated rings. The van der Waals surface area contributed by atoms with Crippen LogP contribution in [0.5, 0.6) is 0 Å². The van der Waals surface area contributed by atoms with E-state index < -0.39 is 55.9 Å². The van der Waals surface area contributed by atoms with Crippen LogP contribution >= 0.6 is 7.75 Å². The number of carbonyl (C=O) groups is 1. The molecule has 1 aromatic carbocycles. The van der Waals surface area contributed by atoms with E-state index in [1.807, 2.05) is 6.07 Å². The van der Waals surface area contributed by atoms with Crippen LogP contribution in [0.3, 0.4) is 0 Å². The van der Waals surface area contributed by atoms with Crippen molar-refractivity contribution in [1.82, 2.24) is 20.0 Å². The maximum absolute atomic E-state index is 12.7. The normalized spacial score (nSPS) is 22.1. The number of hydrogen-bond donors (Lipinski definition) is 4. The number of benzene rings is 1. The van der Waals surface area contributed by atoms with Crippen molar-refractivity contribution in [2.45, 2.75) is 44.2 Å². The lowest BCUT2D eigenvalue weighted by atomic mass is 10.1. The second kappa shape index (κ2) is 11.5. The van der Waals surface area contributed by atoms with E-state index in [4.69, 9.17) is 14.8 Å². The Morgan fingerprint density at radius 3 is 2.80 bits per heavy atom. The Morgan fingerprint density at radius 1 is 1.43 bits per heavy atom. The van der Waals surface area contributed by atoms with E-state index in [1.54, 1.807) is 24.3 Å². The van der Waals surface area contributed by atoms with Gasteiger partial charge in [0.15, 0.2) is 0 Å². The minimum Gasteiger partial charge on any atom is -0.358 e. The van der Waals surface area contributed by atoms with Crippen molar-refractivity contribution in [3.8, 4) is 0 Å². The van der Waals surface area contributed by atoms with Gasteiger partial charge in [-0.25, -0.2) is 14.4 Å². The van der Waals surface area contributed by atoms with Gasteiger partial charge >= 0.3 is 13.4 Å². The summed E-state index contributed by atoms with van der Waals surface area (Å²) in [6.45, 7) is 1.05. The lowest BCUT2D eigenvalue weighted by Gasteiger charge is -2.23. The number of nitrogens with one attached hydrogen (secondary N) is 3. The number of carbonyl (C=O) groups excluding carboxylic acids is 1. The summed E-state index contributed by atoms with van der Waals surface area (Å²) in [5.41, 5.74) is 8.69. The fourth-order valence-corrected chi connectivity index (χ4v) is 4.68. The zero-order valence-electron chi connectivity index (χ0n) is 19.0. The first kappa shape index (κ1) is 26.4. The summed E-state index contributed by atoms with van der Waals surface area (Å²) in [6.07, 6.45) is -0.346. The van der Waals surface area contributed by atoms with Crippen molar-refractivity contribution in [2.75, 3.05) is 13.7 Å². The number of rotatable bonds is 10.